The highest BCUT2D eigenvalue weighted by Crippen LogP contribution is 2.35. The summed E-state index contributed by atoms with van der Waals surface area (Å²) in [6.45, 7) is 9.99. The molecule has 1 aliphatic rings. The lowest BCUT2D eigenvalue weighted by atomic mass is 9.77. The van der Waals surface area contributed by atoms with E-state index in [0.29, 0.717) is 12.5 Å². The Hall–Kier alpha value is -1.56. The lowest BCUT2D eigenvalue weighted by molar-refractivity contribution is 0.0367. The molecule has 5 nitrogen and oxygen atoms in total. The second-order valence-corrected chi connectivity index (χ2v) is 9.27. The Bertz CT molecular complexity index is 809. The first kappa shape index (κ1) is 19.2. The maximum absolute atomic E-state index is 11.6. The topological polar surface area (TPSA) is 58.4 Å². The number of rotatable bonds is 3. The molecule has 26 heavy (non-hydrogen) atoms. The summed E-state index contributed by atoms with van der Waals surface area (Å²) in [5.41, 5.74) is 2.26. The number of aromatic nitrogens is 2. The highest BCUT2D eigenvalue weighted by Gasteiger charge is 2.38. The van der Waals surface area contributed by atoms with Gasteiger partial charge in [0.25, 0.3) is 0 Å². The molecular weight excluding hydrogens is 394 g/mol. The number of halogens is 1. The zero-order chi connectivity index (χ0) is 19.1. The van der Waals surface area contributed by atoms with E-state index < -0.39 is 6.09 Å². The zero-order valence-electron chi connectivity index (χ0n) is 16.0. The first-order chi connectivity index (χ1) is 12.2. The average molecular weight is 422 g/mol. The Kier molecular flexibility index (Phi) is 5.33. The number of hydrogen-bond acceptors (Lipinski definition) is 2. The van der Waals surface area contributed by atoms with Gasteiger partial charge in [0.1, 0.15) is 0 Å². The molecule has 1 aromatic carbocycles. The van der Waals surface area contributed by atoms with Gasteiger partial charge in [0, 0.05) is 35.2 Å². The average Bonchev–Trinajstić information content (AvgIpc) is 2.96. The van der Waals surface area contributed by atoms with Crippen LogP contribution in [0.2, 0.25) is 0 Å². The predicted octanol–water partition coefficient (Wildman–Crippen LogP) is 5.17. The van der Waals surface area contributed by atoms with Crippen molar-refractivity contribution in [2.75, 3.05) is 6.54 Å². The van der Waals surface area contributed by atoms with Gasteiger partial charge in [-0.3, -0.25) is 4.68 Å². The van der Waals surface area contributed by atoms with Crippen molar-refractivity contribution in [1.29, 1.82) is 0 Å². The fourth-order valence-corrected chi connectivity index (χ4v) is 4.77. The summed E-state index contributed by atoms with van der Waals surface area (Å²) >= 11 is 3.64. The van der Waals surface area contributed by atoms with E-state index in [1.807, 2.05) is 0 Å². The molecule has 1 aliphatic heterocycles. The number of hydrogen-bond donors (Lipinski definition) is 1. The van der Waals surface area contributed by atoms with Gasteiger partial charge in [-0.05, 0) is 48.3 Å². The molecular formula is C20H28BrN3O2. The van der Waals surface area contributed by atoms with Crippen molar-refractivity contribution < 1.29 is 9.90 Å². The molecule has 2 unspecified atom stereocenters. The third-order valence-electron chi connectivity index (χ3n) is 5.55. The summed E-state index contributed by atoms with van der Waals surface area (Å²) in [7, 11) is 0. The standard InChI is InChI=1S/C20H28BrN3O2/c1-5-14-15-12-23(22-17(15)7-6-16(14)21)11-13-8-9-24(19(25)26)18(10-13)20(2,3)4/h6-7,12-13,18H,5,8-11H2,1-4H3,(H,25,26). The lowest BCUT2D eigenvalue weighted by Crippen LogP contribution is -2.52. The van der Waals surface area contributed by atoms with Crippen LogP contribution in [-0.2, 0) is 13.0 Å². The Labute approximate surface area is 163 Å². The van der Waals surface area contributed by atoms with Crippen LogP contribution in [0.5, 0.6) is 0 Å². The van der Waals surface area contributed by atoms with Crippen molar-refractivity contribution in [2.24, 2.45) is 11.3 Å². The molecule has 2 atom stereocenters. The predicted molar refractivity (Wildman–Crippen MR) is 108 cm³/mol. The minimum atomic E-state index is -0.800. The van der Waals surface area contributed by atoms with Crippen LogP contribution in [0, 0.1) is 11.3 Å². The molecule has 1 amide bonds. The van der Waals surface area contributed by atoms with E-state index in [1.165, 1.54) is 10.9 Å². The molecule has 2 aromatic rings. The summed E-state index contributed by atoms with van der Waals surface area (Å²) in [5, 5.41) is 15.5. The second-order valence-electron chi connectivity index (χ2n) is 8.41. The van der Waals surface area contributed by atoms with E-state index in [2.05, 4.69) is 66.6 Å². The number of fused-ring (bicyclic) bond motifs is 1. The Morgan fingerprint density at radius 2 is 2.12 bits per heavy atom. The molecule has 3 rings (SSSR count). The number of nitrogens with zero attached hydrogens (tertiary/aromatic N) is 3. The molecule has 0 bridgehead atoms. The molecule has 0 spiro atoms. The van der Waals surface area contributed by atoms with Gasteiger partial charge in [-0.15, -0.1) is 0 Å². The number of piperidine rings is 1. The third kappa shape index (κ3) is 3.75. The van der Waals surface area contributed by atoms with Gasteiger partial charge in [0.05, 0.1) is 5.52 Å². The molecule has 142 valence electrons. The second kappa shape index (κ2) is 7.22. The highest BCUT2D eigenvalue weighted by molar-refractivity contribution is 9.10. The maximum Gasteiger partial charge on any atom is 0.407 e. The van der Waals surface area contributed by atoms with Crippen LogP contribution in [0.25, 0.3) is 10.9 Å². The minimum absolute atomic E-state index is 0.0454. The monoisotopic (exact) mass is 421 g/mol. The first-order valence-electron chi connectivity index (χ1n) is 9.34. The SMILES string of the molecule is CCc1c(Br)ccc2nn(CC3CCN(C(=O)O)C(C(C)(C)C)C3)cc12. The minimum Gasteiger partial charge on any atom is -0.465 e. The van der Waals surface area contributed by atoms with Crippen molar-refractivity contribution in [3.8, 4) is 0 Å². The van der Waals surface area contributed by atoms with Gasteiger partial charge in [-0.1, -0.05) is 43.6 Å². The summed E-state index contributed by atoms with van der Waals surface area (Å²) in [6, 6.07) is 4.17. The number of amides is 1. The quantitative estimate of drug-likeness (QED) is 0.743. The van der Waals surface area contributed by atoms with Crippen LogP contribution in [0.1, 0.15) is 46.1 Å². The van der Waals surface area contributed by atoms with Crippen molar-refractivity contribution >= 4 is 32.9 Å². The number of carboxylic acid groups (broad SMARTS) is 1. The van der Waals surface area contributed by atoms with E-state index in [9.17, 15) is 9.90 Å². The highest BCUT2D eigenvalue weighted by atomic mass is 79.9. The van der Waals surface area contributed by atoms with Crippen LogP contribution in [0.15, 0.2) is 22.8 Å². The normalized spacial score (nSPS) is 21.3. The largest absolute Gasteiger partial charge is 0.465 e. The van der Waals surface area contributed by atoms with E-state index in [0.717, 1.165) is 35.8 Å². The fraction of sp³-hybridized carbons (Fsp3) is 0.600. The zero-order valence-corrected chi connectivity index (χ0v) is 17.6. The molecule has 0 saturated carbocycles. The summed E-state index contributed by atoms with van der Waals surface area (Å²) in [4.78, 5) is 13.2. The Morgan fingerprint density at radius 1 is 1.38 bits per heavy atom. The Balaban J connectivity index is 1.81. The van der Waals surface area contributed by atoms with Gasteiger partial charge in [-0.2, -0.15) is 5.10 Å². The molecule has 0 radical (unpaired) electrons. The van der Waals surface area contributed by atoms with Crippen LogP contribution >= 0.6 is 15.9 Å². The van der Waals surface area contributed by atoms with Crippen molar-refractivity contribution in [1.82, 2.24) is 14.7 Å². The van der Waals surface area contributed by atoms with Gasteiger partial charge < -0.3 is 10.0 Å². The van der Waals surface area contributed by atoms with Gasteiger partial charge >= 0.3 is 6.09 Å². The molecule has 1 aromatic heterocycles. The number of benzene rings is 1. The molecule has 2 heterocycles. The third-order valence-corrected chi connectivity index (χ3v) is 6.29. The summed E-state index contributed by atoms with van der Waals surface area (Å²) in [5.74, 6) is 0.442. The number of aryl methyl sites for hydroxylation is 1. The first-order valence-corrected chi connectivity index (χ1v) is 10.1. The van der Waals surface area contributed by atoms with E-state index in [4.69, 9.17) is 5.10 Å². The van der Waals surface area contributed by atoms with Crippen molar-refractivity contribution in [3.63, 3.8) is 0 Å². The molecule has 1 fully saturated rings. The van der Waals surface area contributed by atoms with Gasteiger partial charge in [-0.25, -0.2) is 4.79 Å². The van der Waals surface area contributed by atoms with E-state index in [1.54, 1.807) is 4.90 Å². The molecule has 0 aliphatic carbocycles. The maximum atomic E-state index is 11.6. The lowest BCUT2D eigenvalue weighted by Gasteiger charge is -2.44. The number of carbonyl (C=O) groups is 1. The Morgan fingerprint density at radius 3 is 2.73 bits per heavy atom. The van der Waals surface area contributed by atoms with Crippen LogP contribution in [0.4, 0.5) is 4.79 Å². The van der Waals surface area contributed by atoms with Crippen LogP contribution < -0.4 is 0 Å². The van der Waals surface area contributed by atoms with Crippen molar-refractivity contribution in [3.05, 3.63) is 28.4 Å². The van der Waals surface area contributed by atoms with Crippen LogP contribution in [0.3, 0.4) is 0 Å². The van der Waals surface area contributed by atoms with Crippen molar-refractivity contribution in [2.45, 2.75) is 59.5 Å². The van der Waals surface area contributed by atoms with Gasteiger partial charge in [0.2, 0.25) is 0 Å². The van der Waals surface area contributed by atoms with E-state index >= 15 is 0 Å². The van der Waals surface area contributed by atoms with Crippen LogP contribution in [-0.4, -0.2) is 38.5 Å². The molecule has 6 heteroatoms. The van der Waals surface area contributed by atoms with Gasteiger partial charge in [0.15, 0.2) is 0 Å². The number of likely N-dealkylation sites (tertiary alicyclic amines) is 1. The fourth-order valence-electron chi connectivity index (χ4n) is 4.14. The summed E-state index contributed by atoms with van der Waals surface area (Å²) in [6.07, 6.45) is 4.09. The smallest absolute Gasteiger partial charge is 0.407 e. The molecule has 1 N–H and O–H groups in total. The van der Waals surface area contributed by atoms with E-state index in [-0.39, 0.29) is 11.5 Å². The summed E-state index contributed by atoms with van der Waals surface area (Å²) < 4.78 is 3.19. The molecule has 1 saturated heterocycles.